The predicted octanol–water partition coefficient (Wildman–Crippen LogP) is 3.73. The summed E-state index contributed by atoms with van der Waals surface area (Å²) in [6, 6.07) is 12.2. The fourth-order valence-corrected chi connectivity index (χ4v) is 4.58. The van der Waals surface area contributed by atoms with Crippen LogP contribution in [0.3, 0.4) is 0 Å². The number of carbonyl (C=O) groups is 2. The van der Waals surface area contributed by atoms with Crippen molar-refractivity contribution >= 4 is 17.4 Å². The second-order valence-corrected chi connectivity index (χ2v) is 8.60. The van der Waals surface area contributed by atoms with Crippen molar-refractivity contribution in [2.75, 3.05) is 19.8 Å². The van der Waals surface area contributed by atoms with Gasteiger partial charge in [-0.3, -0.25) is 9.59 Å². The van der Waals surface area contributed by atoms with Crippen molar-refractivity contribution in [1.29, 1.82) is 0 Å². The molecule has 0 spiro atoms. The van der Waals surface area contributed by atoms with Gasteiger partial charge in [-0.2, -0.15) is 0 Å². The Morgan fingerprint density at radius 2 is 1.83 bits per heavy atom. The SMILES string of the molecule is CCc1ccc([C@H]2C(=C(O)c3ccc4c(c3)OCCO4)C(=O)C(=O)N2CCCn2ccnc2)cc1. The molecule has 1 aromatic heterocycles. The van der Waals surface area contributed by atoms with Gasteiger partial charge < -0.3 is 24.0 Å². The smallest absolute Gasteiger partial charge is 0.295 e. The first kappa shape index (κ1) is 22.7. The van der Waals surface area contributed by atoms with Crippen LogP contribution in [0.15, 0.2) is 66.8 Å². The van der Waals surface area contributed by atoms with E-state index in [0.717, 1.165) is 17.5 Å². The summed E-state index contributed by atoms with van der Waals surface area (Å²) in [5.74, 6) is -0.441. The Morgan fingerprint density at radius 1 is 1.06 bits per heavy atom. The number of hydrogen-bond acceptors (Lipinski definition) is 6. The van der Waals surface area contributed by atoms with E-state index in [4.69, 9.17) is 9.47 Å². The molecule has 8 heteroatoms. The van der Waals surface area contributed by atoms with Crippen LogP contribution in [0, 0.1) is 0 Å². The monoisotopic (exact) mass is 473 g/mol. The number of hydrogen-bond donors (Lipinski definition) is 1. The largest absolute Gasteiger partial charge is 0.507 e. The average Bonchev–Trinajstić information content (AvgIpc) is 3.50. The first-order valence-corrected chi connectivity index (χ1v) is 11.8. The third-order valence-electron chi connectivity index (χ3n) is 6.43. The van der Waals surface area contributed by atoms with E-state index in [1.54, 1.807) is 35.6 Å². The summed E-state index contributed by atoms with van der Waals surface area (Å²) in [4.78, 5) is 32.0. The third kappa shape index (κ3) is 4.39. The molecular formula is C27H27N3O5. The van der Waals surface area contributed by atoms with Gasteiger partial charge in [0.25, 0.3) is 11.7 Å². The van der Waals surface area contributed by atoms with Gasteiger partial charge in [0.1, 0.15) is 19.0 Å². The minimum atomic E-state index is -0.690. The van der Waals surface area contributed by atoms with Crippen molar-refractivity contribution in [2.45, 2.75) is 32.4 Å². The fourth-order valence-electron chi connectivity index (χ4n) is 4.58. The molecule has 3 aromatic rings. The highest BCUT2D eigenvalue weighted by atomic mass is 16.6. The number of rotatable bonds is 7. The van der Waals surface area contributed by atoms with E-state index >= 15 is 0 Å². The number of aryl methyl sites for hydroxylation is 2. The predicted molar refractivity (Wildman–Crippen MR) is 129 cm³/mol. The number of carbonyl (C=O) groups excluding carboxylic acids is 2. The summed E-state index contributed by atoms with van der Waals surface area (Å²) in [7, 11) is 0. The summed E-state index contributed by atoms with van der Waals surface area (Å²) in [6.07, 6.45) is 6.79. The molecule has 1 N–H and O–H groups in total. The Kier molecular flexibility index (Phi) is 6.27. The molecule has 0 saturated carbocycles. The van der Waals surface area contributed by atoms with Crippen LogP contribution in [-0.4, -0.2) is 51.0 Å². The molecule has 0 aliphatic carbocycles. The molecule has 1 saturated heterocycles. The molecule has 35 heavy (non-hydrogen) atoms. The fraction of sp³-hybridized carbons (Fsp3) is 0.296. The van der Waals surface area contributed by atoms with Gasteiger partial charge in [-0.1, -0.05) is 31.2 Å². The summed E-state index contributed by atoms with van der Waals surface area (Å²) in [5, 5.41) is 11.3. The summed E-state index contributed by atoms with van der Waals surface area (Å²) >= 11 is 0. The van der Waals surface area contributed by atoms with Crippen molar-refractivity contribution in [2.24, 2.45) is 0 Å². The van der Waals surface area contributed by atoms with Crippen molar-refractivity contribution < 1.29 is 24.2 Å². The number of amides is 1. The quantitative estimate of drug-likeness (QED) is 0.319. The number of aliphatic hydroxyl groups is 1. The van der Waals surface area contributed by atoms with Crippen LogP contribution >= 0.6 is 0 Å². The van der Waals surface area contributed by atoms with E-state index in [1.165, 1.54) is 0 Å². The van der Waals surface area contributed by atoms with Gasteiger partial charge in [0, 0.05) is 31.0 Å². The first-order chi connectivity index (χ1) is 17.1. The molecule has 0 bridgehead atoms. The second kappa shape index (κ2) is 9.66. The molecule has 0 unspecified atom stereocenters. The van der Waals surface area contributed by atoms with Crippen molar-refractivity contribution in [3.63, 3.8) is 0 Å². The number of fused-ring (bicyclic) bond motifs is 1. The lowest BCUT2D eigenvalue weighted by molar-refractivity contribution is -0.139. The zero-order chi connectivity index (χ0) is 24.4. The molecule has 8 nitrogen and oxygen atoms in total. The topological polar surface area (TPSA) is 93.9 Å². The number of likely N-dealkylation sites (tertiary alicyclic amines) is 1. The van der Waals surface area contributed by atoms with Gasteiger partial charge >= 0.3 is 0 Å². The summed E-state index contributed by atoms with van der Waals surface area (Å²) in [6.45, 7) is 3.95. The van der Waals surface area contributed by atoms with E-state index < -0.39 is 17.7 Å². The van der Waals surface area contributed by atoms with Gasteiger partial charge in [-0.05, 0) is 42.2 Å². The Hall–Kier alpha value is -4.07. The molecule has 1 amide bonds. The van der Waals surface area contributed by atoms with Gasteiger partial charge in [-0.25, -0.2) is 4.98 Å². The van der Waals surface area contributed by atoms with Crippen LogP contribution in [-0.2, 0) is 22.6 Å². The van der Waals surface area contributed by atoms with Crippen LogP contribution < -0.4 is 9.47 Å². The maximum Gasteiger partial charge on any atom is 0.295 e. The van der Waals surface area contributed by atoms with E-state index in [9.17, 15) is 14.7 Å². The molecule has 2 aliphatic rings. The van der Waals surface area contributed by atoms with Crippen LogP contribution in [0.5, 0.6) is 11.5 Å². The minimum Gasteiger partial charge on any atom is -0.507 e. The standard InChI is InChI=1S/C27H27N3O5/c1-2-18-4-6-19(7-5-18)24-23(25(31)20-8-9-21-22(16-20)35-15-14-34-21)26(32)27(33)30(24)12-3-11-29-13-10-28-17-29/h4-10,13,16-17,24,31H,2-3,11-12,14-15H2,1H3/t24-/m0/s1. The number of ketones is 1. The third-order valence-corrected chi connectivity index (χ3v) is 6.43. The molecule has 1 atom stereocenters. The van der Waals surface area contributed by atoms with Crippen molar-refractivity contribution in [3.05, 3.63) is 83.4 Å². The molecule has 5 rings (SSSR count). The Labute approximate surface area is 203 Å². The van der Waals surface area contributed by atoms with Crippen LogP contribution in [0.25, 0.3) is 5.76 Å². The molecule has 2 aromatic carbocycles. The first-order valence-electron chi connectivity index (χ1n) is 11.8. The minimum absolute atomic E-state index is 0.0820. The van der Waals surface area contributed by atoms with E-state index in [-0.39, 0.29) is 11.3 Å². The van der Waals surface area contributed by atoms with Gasteiger partial charge in [0.2, 0.25) is 0 Å². The molecule has 0 radical (unpaired) electrons. The lowest BCUT2D eigenvalue weighted by Gasteiger charge is -2.26. The number of nitrogens with zero attached hydrogens (tertiary/aromatic N) is 3. The number of Topliss-reactive ketones (excluding diaryl/α,β-unsaturated/α-hetero) is 1. The molecule has 180 valence electrons. The van der Waals surface area contributed by atoms with Gasteiger partial charge in [0.15, 0.2) is 11.5 Å². The normalized spacial score (nSPS) is 18.8. The summed E-state index contributed by atoms with van der Waals surface area (Å²) < 4.78 is 13.1. The maximum absolute atomic E-state index is 13.2. The van der Waals surface area contributed by atoms with Crippen LogP contribution in [0.4, 0.5) is 0 Å². The number of benzene rings is 2. The Balaban J connectivity index is 1.53. The van der Waals surface area contributed by atoms with Crippen LogP contribution in [0.2, 0.25) is 0 Å². The molecule has 2 aliphatic heterocycles. The highest BCUT2D eigenvalue weighted by Crippen LogP contribution is 2.41. The number of ether oxygens (including phenoxy) is 2. The lowest BCUT2D eigenvalue weighted by atomic mass is 9.94. The molecular weight excluding hydrogens is 446 g/mol. The van der Waals surface area contributed by atoms with E-state index in [1.807, 2.05) is 35.0 Å². The zero-order valence-electron chi connectivity index (χ0n) is 19.5. The molecule has 3 heterocycles. The number of imidazole rings is 1. The van der Waals surface area contributed by atoms with Gasteiger partial charge in [-0.15, -0.1) is 0 Å². The Bertz CT molecular complexity index is 1260. The van der Waals surface area contributed by atoms with E-state index in [2.05, 4.69) is 11.9 Å². The highest BCUT2D eigenvalue weighted by Gasteiger charge is 2.45. The van der Waals surface area contributed by atoms with Crippen molar-refractivity contribution in [1.82, 2.24) is 14.5 Å². The Morgan fingerprint density at radius 3 is 2.54 bits per heavy atom. The van der Waals surface area contributed by atoms with Gasteiger partial charge in [0.05, 0.1) is 17.9 Å². The second-order valence-electron chi connectivity index (χ2n) is 8.60. The average molecular weight is 474 g/mol. The number of aliphatic hydroxyl groups excluding tert-OH is 1. The number of aromatic nitrogens is 2. The van der Waals surface area contributed by atoms with E-state index in [0.29, 0.717) is 49.8 Å². The molecule has 1 fully saturated rings. The maximum atomic E-state index is 13.2. The zero-order valence-corrected chi connectivity index (χ0v) is 19.5. The summed E-state index contributed by atoms with van der Waals surface area (Å²) in [5.41, 5.74) is 2.42. The lowest BCUT2D eigenvalue weighted by Crippen LogP contribution is -2.31. The van der Waals surface area contributed by atoms with Crippen LogP contribution in [0.1, 0.15) is 36.1 Å². The highest BCUT2D eigenvalue weighted by molar-refractivity contribution is 6.46. The van der Waals surface area contributed by atoms with Crippen molar-refractivity contribution in [3.8, 4) is 11.5 Å².